The van der Waals surface area contributed by atoms with E-state index in [-0.39, 0.29) is 23.5 Å². The van der Waals surface area contributed by atoms with Crippen LogP contribution < -0.4 is 5.32 Å². The molecule has 2 aromatic carbocycles. The van der Waals surface area contributed by atoms with Crippen LogP contribution in [0.4, 0.5) is 10.1 Å². The van der Waals surface area contributed by atoms with Gasteiger partial charge in [-0.2, -0.15) is 0 Å². The van der Waals surface area contributed by atoms with Crippen LogP contribution in [0, 0.1) is 11.7 Å². The summed E-state index contributed by atoms with van der Waals surface area (Å²) in [5.74, 6) is -0.529. The maximum Gasteiger partial charge on any atom is 0.227 e. The zero-order valence-corrected chi connectivity index (χ0v) is 14.9. The Morgan fingerprint density at radius 2 is 2.04 bits per heavy atom. The number of carbonyl (C=O) groups excluding carboxylic acids is 2. The zero-order valence-electron chi connectivity index (χ0n) is 14.9. The van der Waals surface area contributed by atoms with Crippen molar-refractivity contribution in [3.05, 3.63) is 65.5 Å². The molecule has 4 nitrogen and oxygen atoms in total. The van der Waals surface area contributed by atoms with Gasteiger partial charge in [-0.25, -0.2) is 4.39 Å². The van der Waals surface area contributed by atoms with Crippen LogP contribution in [0.1, 0.15) is 30.9 Å². The number of hydrogen-bond donors (Lipinski definition) is 1. The molecule has 1 heterocycles. The molecule has 1 unspecified atom stereocenters. The topological polar surface area (TPSA) is 49.4 Å². The fourth-order valence-electron chi connectivity index (χ4n) is 3.33. The molecule has 136 valence electrons. The number of nitrogens with zero attached hydrogens (tertiary/aromatic N) is 1. The smallest absolute Gasteiger partial charge is 0.227 e. The number of benzene rings is 2. The molecule has 0 aliphatic carbocycles. The van der Waals surface area contributed by atoms with Crippen LogP contribution in [-0.2, 0) is 22.6 Å². The van der Waals surface area contributed by atoms with Gasteiger partial charge in [0.1, 0.15) is 5.82 Å². The number of rotatable bonds is 6. The molecular weight excluding hydrogens is 331 g/mol. The Labute approximate surface area is 153 Å². The first-order valence-electron chi connectivity index (χ1n) is 8.97. The summed E-state index contributed by atoms with van der Waals surface area (Å²) >= 11 is 0. The number of carbonyl (C=O) groups is 2. The number of halogens is 1. The first-order valence-corrected chi connectivity index (χ1v) is 8.97. The van der Waals surface area contributed by atoms with Crippen molar-refractivity contribution in [2.75, 3.05) is 11.9 Å². The van der Waals surface area contributed by atoms with E-state index in [2.05, 4.69) is 5.32 Å². The van der Waals surface area contributed by atoms with E-state index in [4.69, 9.17) is 0 Å². The third-order valence-corrected chi connectivity index (χ3v) is 4.82. The van der Waals surface area contributed by atoms with Gasteiger partial charge in [-0.15, -0.1) is 0 Å². The van der Waals surface area contributed by atoms with Crippen LogP contribution in [0.15, 0.2) is 48.5 Å². The highest BCUT2D eigenvalue weighted by Gasteiger charge is 2.26. The Bertz CT molecular complexity index is 806. The van der Waals surface area contributed by atoms with Crippen molar-refractivity contribution in [3.63, 3.8) is 0 Å². The summed E-state index contributed by atoms with van der Waals surface area (Å²) in [6.45, 7) is 2.84. The van der Waals surface area contributed by atoms with E-state index < -0.39 is 0 Å². The minimum absolute atomic E-state index is 0.0107. The van der Waals surface area contributed by atoms with Gasteiger partial charge in [0.25, 0.3) is 0 Å². The van der Waals surface area contributed by atoms with Crippen molar-refractivity contribution in [2.24, 2.45) is 5.92 Å². The first-order chi connectivity index (χ1) is 12.6. The van der Waals surface area contributed by atoms with Gasteiger partial charge >= 0.3 is 0 Å². The van der Waals surface area contributed by atoms with E-state index in [0.717, 1.165) is 16.8 Å². The molecule has 1 aliphatic rings. The molecule has 1 atom stereocenters. The van der Waals surface area contributed by atoms with Gasteiger partial charge in [-0.05, 0) is 49.1 Å². The van der Waals surface area contributed by atoms with Crippen molar-refractivity contribution in [3.8, 4) is 0 Å². The normalized spacial score (nSPS) is 15.9. The largest absolute Gasteiger partial charge is 0.339 e. The van der Waals surface area contributed by atoms with Gasteiger partial charge in [0.2, 0.25) is 11.8 Å². The van der Waals surface area contributed by atoms with Crippen molar-refractivity contribution in [1.29, 1.82) is 0 Å². The van der Waals surface area contributed by atoms with E-state index in [1.165, 1.54) is 12.1 Å². The second-order valence-corrected chi connectivity index (χ2v) is 6.62. The molecule has 0 fully saturated rings. The predicted molar refractivity (Wildman–Crippen MR) is 99.0 cm³/mol. The molecular formula is C21H23FN2O2. The van der Waals surface area contributed by atoms with Gasteiger partial charge < -0.3 is 10.2 Å². The Morgan fingerprint density at radius 3 is 2.81 bits per heavy atom. The fraction of sp³-hybridized carbons (Fsp3) is 0.333. The van der Waals surface area contributed by atoms with Gasteiger partial charge in [0, 0.05) is 31.1 Å². The lowest BCUT2D eigenvalue weighted by Crippen LogP contribution is -2.33. The highest BCUT2D eigenvalue weighted by Crippen LogP contribution is 2.27. The molecule has 0 spiro atoms. The summed E-state index contributed by atoms with van der Waals surface area (Å²) in [6, 6.07) is 14.0. The number of amides is 2. The van der Waals surface area contributed by atoms with Crippen LogP contribution in [0.5, 0.6) is 0 Å². The predicted octanol–water partition coefficient (Wildman–Crippen LogP) is 3.77. The highest BCUT2D eigenvalue weighted by atomic mass is 19.1. The van der Waals surface area contributed by atoms with Crippen LogP contribution in [0.25, 0.3) is 0 Å². The SMILES string of the molecule is CCN(Cc1cccc(F)c1)C(=O)CCC1Cc2ccccc2NC1=O. The van der Waals surface area contributed by atoms with Crippen molar-refractivity contribution < 1.29 is 14.0 Å². The second kappa shape index (κ2) is 8.13. The molecule has 0 radical (unpaired) electrons. The van der Waals surface area contributed by atoms with Gasteiger partial charge in [-0.3, -0.25) is 9.59 Å². The molecule has 1 aliphatic heterocycles. The molecule has 26 heavy (non-hydrogen) atoms. The number of fused-ring (bicyclic) bond motifs is 1. The molecule has 0 bridgehead atoms. The third kappa shape index (κ3) is 4.28. The van der Waals surface area contributed by atoms with Gasteiger partial charge in [-0.1, -0.05) is 30.3 Å². The van der Waals surface area contributed by atoms with Crippen molar-refractivity contribution >= 4 is 17.5 Å². The quantitative estimate of drug-likeness (QED) is 0.859. The number of para-hydroxylation sites is 1. The molecule has 0 aromatic heterocycles. The Hall–Kier alpha value is -2.69. The second-order valence-electron chi connectivity index (χ2n) is 6.62. The minimum atomic E-state index is -0.302. The van der Waals surface area contributed by atoms with Crippen LogP contribution in [0.2, 0.25) is 0 Å². The Balaban J connectivity index is 1.58. The molecule has 5 heteroatoms. The van der Waals surface area contributed by atoms with E-state index in [9.17, 15) is 14.0 Å². The number of hydrogen-bond acceptors (Lipinski definition) is 2. The number of nitrogens with one attached hydrogen (secondary N) is 1. The highest BCUT2D eigenvalue weighted by molar-refractivity contribution is 5.96. The van der Waals surface area contributed by atoms with Crippen molar-refractivity contribution in [1.82, 2.24) is 4.90 Å². The fourth-order valence-corrected chi connectivity index (χ4v) is 3.33. The van der Waals surface area contributed by atoms with E-state index in [0.29, 0.717) is 32.4 Å². The molecule has 1 N–H and O–H groups in total. The van der Waals surface area contributed by atoms with E-state index >= 15 is 0 Å². The monoisotopic (exact) mass is 354 g/mol. The third-order valence-electron chi connectivity index (χ3n) is 4.82. The molecule has 2 aromatic rings. The van der Waals surface area contributed by atoms with Crippen LogP contribution in [-0.4, -0.2) is 23.3 Å². The van der Waals surface area contributed by atoms with Crippen LogP contribution >= 0.6 is 0 Å². The first kappa shape index (κ1) is 18.1. The molecule has 0 saturated carbocycles. The lowest BCUT2D eigenvalue weighted by atomic mass is 9.89. The summed E-state index contributed by atoms with van der Waals surface area (Å²) in [5, 5.41) is 2.92. The van der Waals surface area contributed by atoms with Gasteiger partial charge in [0.15, 0.2) is 0 Å². The lowest BCUT2D eigenvalue weighted by Gasteiger charge is -2.26. The summed E-state index contributed by atoms with van der Waals surface area (Å²) in [7, 11) is 0. The average Bonchev–Trinajstić information content (AvgIpc) is 2.64. The summed E-state index contributed by atoms with van der Waals surface area (Å²) in [4.78, 5) is 26.5. The van der Waals surface area contributed by atoms with Crippen molar-refractivity contribution in [2.45, 2.75) is 32.7 Å². The van der Waals surface area contributed by atoms with Gasteiger partial charge in [0.05, 0.1) is 0 Å². The maximum atomic E-state index is 13.3. The minimum Gasteiger partial charge on any atom is -0.339 e. The van der Waals surface area contributed by atoms with Crippen LogP contribution in [0.3, 0.4) is 0 Å². The standard InChI is InChI=1S/C21H23FN2O2/c1-2-24(14-15-6-5-8-18(22)12-15)20(25)11-10-17-13-16-7-3-4-9-19(16)23-21(17)26/h3-9,12,17H,2,10-11,13-14H2,1H3,(H,23,26). The maximum absolute atomic E-state index is 13.3. The zero-order chi connectivity index (χ0) is 18.5. The van der Waals surface area contributed by atoms with E-state index in [1.807, 2.05) is 37.3 Å². The summed E-state index contributed by atoms with van der Waals surface area (Å²) in [5.41, 5.74) is 2.74. The Morgan fingerprint density at radius 1 is 1.23 bits per heavy atom. The Kier molecular flexibility index (Phi) is 5.66. The number of anilines is 1. The lowest BCUT2D eigenvalue weighted by molar-refractivity contribution is -0.132. The van der Waals surface area contributed by atoms with E-state index in [1.54, 1.807) is 11.0 Å². The molecule has 2 amide bonds. The average molecular weight is 354 g/mol. The molecule has 0 saturated heterocycles. The molecule has 3 rings (SSSR count). The summed E-state index contributed by atoms with van der Waals surface area (Å²) in [6.07, 6.45) is 1.48. The summed E-state index contributed by atoms with van der Waals surface area (Å²) < 4.78 is 13.3.